The third-order valence-electron chi connectivity index (χ3n) is 2.97. The van der Waals surface area contributed by atoms with Gasteiger partial charge < -0.3 is 5.73 Å². The summed E-state index contributed by atoms with van der Waals surface area (Å²) in [6.07, 6.45) is 0.606. The second-order valence-electron chi connectivity index (χ2n) is 3.94. The zero-order chi connectivity index (χ0) is 11.0. The molecule has 5 nitrogen and oxygen atoms in total. The van der Waals surface area contributed by atoms with Crippen molar-refractivity contribution in [2.75, 3.05) is 25.6 Å². The predicted octanol–water partition coefficient (Wildman–Crippen LogP) is -1.02. The summed E-state index contributed by atoms with van der Waals surface area (Å²) in [7, 11) is 0.550. The zero-order valence-electron chi connectivity index (χ0n) is 8.49. The van der Waals surface area contributed by atoms with Crippen molar-refractivity contribution < 1.29 is 13.2 Å². The van der Waals surface area contributed by atoms with Gasteiger partial charge >= 0.3 is 0 Å². The number of hydrogen-bond donors (Lipinski definition) is 1. The Bertz CT molecular complexity index is 320. The third kappa shape index (κ3) is 1.90. The van der Waals surface area contributed by atoms with Gasteiger partial charge in [-0.25, -0.2) is 8.42 Å². The molecule has 0 aromatic carbocycles. The van der Waals surface area contributed by atoms with Gasteiger partial charge in [0.25, 0.3) is 0 Å². The fourth-order valence-electron chi connectivity index (χ4n) is 1.79. The molecule has 6 heteroatoms. The number of nitrogens with zero attached hydrogens (tertiary/aromatic N) is 1. The van der Waals surface area contributed by atoms with Crippen LogP contribution in [0.1, 0.15) is 12.8 Å². The number of rotatable bonds is 2. The molecule has 0 bridgehead atoms. The molecule has 14 heavy (non-hydrogen) atoms. The number of likely N-dealkylation sites (N-methyl/N-ethyl adjacent to an activating group) is 1. The van der Waals surface area contributed by atoms with Crippen LogP contribution >= 0.6 is 0 Å². The van der Waals surface area contributed by atoms with E-state index in [1.54, 1.807) is 19.0 Å². The van der Waals surface area contributed by atoms with Crippen molar-refractivity contribution in [3.05, 3.63) is 0 Å². The molecule has 0 saturated carbocycles. The van der Waals surface area contributed by atoms with E-state index in [4.69, 9.17) is 5.73 Å². The highest BCUT2D eigenvalue weighted by atomic mass is 32.2. The van der Waals surface area contributed by atoms with E-state index in [1.807, 2.05) is 0 Å². The smallest absolute Gasteiger partial charge is 0.237 e. The number of carbonyl (C=O) groups is 1. The van der Waals surface area contributed by atoms with E-state index in [2.05, 4.69) is 0 Å². The summed E-state index contributed by atoms with van der Waals surface area (Å²) in [5.74, 6) is -0.334. The molecule has 82 valence electrons. The molecule has 0 aromatic rings. The van der Waals surface area contributed by atoms with Crippen molar-refractivity contribution in [3.63, 3.8) is 0 Å². The van der Waals surface area contributed by atoms with Crippen LogP contribution < -0.4 is 5.73 Å². The van der Waals surface area contributed by atoms with Crippen LogP contribution in [-0.2, 0) is 14.6 Å². The minimum Gasteiger partial charge on any atom is -0.368 e. The van der Waals surface area contributed by atoms with E-state index in [-0.39, 0.29) is 11.5 Å². The van der Waals surface area contributed by atoms with E-state index in [1.165, 1.54) is 0 Å². The number of primary amides is 1. The summed E-state index contributed by atoms with van der Waals surface area (Å²) >= 11 is 0. The van der Waals surface area contributed by atoms with E-state index in [0.717, 1.165) is 0 Å². The second kappa shape index (κ2) is 3.51. The highest BCUT2D eigenvalue weighted by Gasteiger charge is 2.43. The lowest BCUT2D eigenvalue weighted by Gasteiger charge is -2.39. The molecular weight excluding hydrogens is 204 g/mol. The molecule has 0 aromatic heterocycles. The minimum absolute atomic E-state index is 0.0497. The van der Waals surface area contributed by atoms with Crippen LogP contribution in [0.4, 0.5) is 0 Å². The molecule has 1 heterocycles. The first kappa shape index (κ1) is 11.5. The first-order valence-corrected chi connectivity index (χ1v) is 6.30. The SMILES string of the molecule is CN(C)C1(C(N)=O)CCS(=O)(=O)CC1. The van der Waals surface area contributed by atoms with E-state index >= 15 is 0 Å². The van der Waals surface area contributed by atoms with Crippen LogP contribution in [0.3, 0.4) is 0 Å². The normalized spacial score (nSPS) is 24.8. The van der Waals surface area contributed by atoms with Gasteiger partial charge in [-0.1, -0.05) is 0 Å². The van der Waals surface area contributed by atoms with Gasteiger partial charge in [0.05, 0.1) is 11.5 Å². The van der Waals surface area contributed by atoms with Crippen LogP contribution in [0.15, 0.2) is 0 Å². The van der Waals surface area contributed by atoms with Gasteiger partial charge in [-0.05, 0) is 26.9 Å². The van der Waals surface area contributed by atoms with Crippen molar-refractivity contribution in [3.8, 4) is 0 Å². The van der Waals surface area contributed by atoms with Crippen molar-refractivity contribution in [2.45, 2.75) is 18.4 Å². The van der Waals surface area contributed by atoms with Crippen LogP contribution in [0.25, 0.3) is 0 Å². The van der Waals surface area contributed by atoms with E-state index in [9.17, 15) is 13.2 Å². The summed E-state index contributed by atoms with van der Waals surface area (Å²) in [5, 5.41) is 0. The summed E-state index contributed by atoms with van der Waals surface area (Å²) in [4.78, 5) is 13.0. The summed E-state index contributed by atoms with van der Waals surface area (Å²) < 4.78 is 22.4. The lowest BCUT2D eigenvalue weighted by atomic mass is 9.90. The lowest BCUT2D eigenvalue weighted by Crippen LogP contribution is -2.58. The second-order valence-corrected chi connectivity index (χ2v) is 6.25. The molecule has 0 atom stereocenters. The van der Waals surface area contributed by atoms with Crippen LogP contribution in [-0.4, -0.2) is 50.4 Å². The topological polar surface area (TPSA) is 80.5 Å². The average molecular weight is 220 g/mol. The van der Waals surface area contributed by atoms with Crippen molar-refractivity contribution >= 4 is 15.7 Å². The highest BCUT2D eigenvalue weighted by Crippen LogP contribution is 2.27. The monoisotopic (exact) mass is 220 g/mol. The largest absolute Gasteiger partial charge is 0.368 e. The van der Waals surface area contributed by atoms with E-state index < -0.39 is 21.3 Å². The molecule has 0 aliphatic carbocycles. The maximum atomic E-state index is 11.3. The number of carbonyl (C=O) groups excluding carboxylic acids is 1. The predicted molar refractivity (Wildman–Crippen MR) is 53.5 cm³/mol. The Labute approximate surface area is 84.2 Å². The molecule has 2 N–H and O–H groups in total. The molecule has 0 unspecified atom stereocenters. The molecule has 1 saturated heterocycles. The van der Waals surface area contributed by atoms with Crippen LogP contribution in [0.5, 0.6) is 0 Å². The minimum atomic E-state index is -2.96. The van der Waals surface area contributed by atoms with Crippen molar-refractivity contribution in [2.24, 2.45) is 5.73 Å². The summed E-state index contributed by atoms with van der Waals surface area (Å²) in [5.41, 5.74) is 4.54. The lowest BCUT2D eigenvalue weighted by molar-refractivity contribution is -0.129. The van der Waals surface area contributed by atoms with E-state index in [0.29, 0.717) is 12.8 Å². The first-order chi connectivity index (χ1) is 6.30. The van der Waals surface area contributed by atoms with Gasteiger partial charge in [-0.2, -0.15) is 0 Å². The van der Waals surface area contributed by atoms with Gasteiger partial charge in [0.15, 0.2) is 0 Å². The Morgan fingerprint density at radius 3 is 2.00 bits per heavy atom. The summed E-state index contributed by atoms with van der Waals surface area (Å²) in [6, 6.07) is 0. The maximum absolute atomic E-state index is 11.3. The fourth-order valence-corrected chi connectivity index (χ4v) is 3.29. The van der Waals surface area contributed by atoms with Gasteiger partial charge in [0.2, 0.25) is 5.91 Å². The molecule has 1 fully saturated rings. The molecular formula is C8H16N2O3S. The molecule has 1 rings (SSSR count). The zero-order valence-corrected chi connectivity index (χ0v) is 9.30. The Morgan fingerprint density at radius 1 is 1.29 bits per heavy atom. The van der Waals surface area contributed by atoms with Gasteiger partial charge in [0, 0.05) is 0 Å². The number of nitrogens with two attached hydrogens (primary N) is 1. The van der Waals surface area contributed by atoms with Crippen LogP contribution in [0, 0.1) is 0 Å². The van der Waals surface area contributed by atoms with Gasteiger partial charge in [0.1, 0.15) is 15.4 Å². The molecule has 0 spiro atoms. The Kier molecular flexibility index (Phi) is 2.87. The van der Waals surface area contributed by atoms with Crippen molar-refractivity contribution in [1.82, 2.24) is 4.90 Å². The number of amides is 1. The molecule has 1 aliphatic heterocycles. The third-order valence-corrected chi connectivity index (χ3v) is 4.62. The molecule has 1 aliphatic rings. The average Bonchev–Trinajstić information content (AvgIpc) is 2.03. The Hall–Kier alpha value is -0.620. The number of sulfone groups is 1. The number of hydrogen-bond acceptors (Lipinski definition) is 4. The molecule has 1 amide bonds. The maximum Gasteiger partial charge on any atom is 0.237 e. The van der Waals surface area contributed by atoms with Gasteiger partial charge in [-0.15, -0.1) is 0 Å². The van der Waals surface area contributed by atoms with Gasteiger partial charge in [-0.3, -0.25) is 9.69 Å². The standard InChI is InChI=1S/C8H16N2O3S/c1-10(2)8(7(9)11)3-5-14(12,13)6-4-8/h3-6H2,1-2H3,(H2,9,11). The first-order valence-electron chi connectivity index (χ1n) is 4.48. The van der Waals surface area contributed by atoms with Crippen LogP contribution in [0.2, 0.25) is 0 Å². The highest BCUT2D eigenvalue weighted by molar-refractivity contribution is 7.91. The quantitative estimate of drug-likeness (QED) is 0.646. The Balaban J connectivity index is 2.91. The summed E-state index contributed by atoms with van der Waals surface area (Å²) in [6.45, 7) is 0. The fraction of sp³-hybridized carbons (Fsp3) is 0.875. The Morgan fingerprint density at radius 2 is 1.71 bits per heavy atom. The molecule has 0 radical (unpaired) electrons. The van der Waals surface area contributed by atoms with Crippen molar-refractivity contribution in [1.29, 1.82) is 0 Å².